The van der Waals surface area contributed by atoms with Crippen LogP contribution in [0, 0.1) is 5.92 Å². The van der Waals surface area contributed by atoms with Gasteiger partial charge in [0, 0.05) is 31.3 Å². The zero-order valence-electron chi connectivity index (χ0n) is 20.3. The quantitative estimate of drug-likeness (QED) is 0.434. The summed E-state index contributed by atoms with van der Waals surface area (Å²) in [6.45, 7) is 3.53. The number of piperidine rings is 1. The van der Waals surface area contributed by atoms with E-state index in [4.69, 9.17) is 4.74 Å². The summed E-state index contributed by atoms with van der Waals surface area (Å²) in [5.74, 6) is 1.11. The Morgan fingerprint density at radius 3 is 2.51 bits per heavy atom. The van der Waals surface area contributed by atoms with Gasteiger partial charge in [0.2, 0.25) is 10.0 Å². The molecule has 0 saturated carbocycles. The van der Waals surface area contributed by atoms with Gasteiger partial charge >= 0.3 is 0 Å². The number of aryl methyl sites for hydroxylation is 2. The molecule has 0 spiro atoms. The van der Waals surface area contributed by atoms with Crippen LogP contribution in [0.3, 0.4) is 0 Å². The van der Waals surface area contributed by atoms with Gasteiger partial charge in [0.25, 0.3) is 5.91 Å². The summed E-state index contributed by atoms with van der Waals surface area (Å²) in [5.41, 5.74) is 2.37. The molecule has 1 amide bonds. The monoisotopic (exact) mass is 533 g/mol. The standard InChI is InChI=1S/C25H31N3O4S3/c1-4-18-5-10-22-23(17-18)34-25(28(22)15-16-33-3)26-24(29)19-11-13-27(14-12-19)35(30,31)21-8-6-20(32-2)7-9-21/h5-10,17,19H,4,11-16H2,1-3H3. The third-order valence-corrected chi connectivity index (χ3v) is 9.93. The minimum atomic E-state index is -3.60. The van der Waals surface area contributed by atoms with E-state index in [2.05, 4.69) is 40.9 Å². The van der Waals surface area contributed by atoms with Crippen molar-refractivity contribution in [3.8, 4) is 5.75 Å². The largest absolute Gasteiger partial charge is 0.497 e. The normalized spacial score (nSPS) is 16.1. The maximum Gasteiger partial charge on any atom is 0.251 e. The summed E-state index contributed by atoms with van der Waals surface area (Å²) in [5, 5.41) is 0. The van der Waals surface area contributed by atoms with Crippen molar-refractivity contribution in [1.82, 2.24) is 8.87 Å². The van der Waals surface area contributed by atoms with Gasteiger partial charge in [-0.1, -0.05) is 24.3 Å². The second-order valence-corrected chi connectivity index (χ2v) is 12.4. The first-order valence-corrected chi connectivity index (χ1v) is 15.4. The van der Waals surface area contributed by atoms with Gasteiger partial charge in [0.05, 0.1) is 22.2 Å². The lowest BCUT2D eigenvalue weighted by molar-refractivity contribution is -0.122. The Hall–Kier alpha value is -2.14. The summed E-state index contributed by atoms with van der Waals surface area (Å²) in [4.78, 5) is 18.6. The second-order valence-electron chi connectivity index (χ2n) is 8.49. The third kappa shape index (κ3) is 5.66. The fraction of sp³-hybridized carbons (Fsp3) is 0.440. The number of thiazole rings is 1. The minimum Gasteiger partial charge on any atom is -0.497 e. The molecule has 0 atom stereocenters. The molecule has 0 N–H and O–H groups in total. The highest BCUT2D eigenvalue weighted by molar-refractivity contribution is 7.98. The van der Waals surface area contributed by atoms with E-state index in [1.807, 2.05) is 0 Å². The minimum absolute atomic E-state index is 0.160. The molecule has 10 heteroatoms. The number of hydrogen-bond acceptors (Lipinski definition) is 6. The molecule has 2 aromatic carbocycles. The van der Waals surface area contributed by atoms with E-state index in [9.17, 15) is 13.2 Å². The van der Waals surface area contributed by atoms with E-state index in [1.165, 1.54) is 9.87 Å². The zero-order chi connectivity index (χ0) is 25.0. The number of ether oxygens (including phenoxy) is 1. The van der Waals surface area contributed by atoms with Crippen molar-refractivity contribution in [2.24, 2.45) is 10.9 Å². The summed E-state index contributed by atoms with van der Waals surface area (Å²) in [6.07, 6.45) is 3.96. The molecule has 1 fully saturated rings. The van der Waals surface area contributed by atoms with Crippen molar-refractivity contribution in [3.05, 3.63) is 52.8 Å². The Morgan fingerprint density at radius 2 is 1.89 bits per heavy atom. The van der Waals surface area contributed by atoms with E-state index in [0.717, 1.165) is 33.7 Å². The molecule has 1 aliphatic rings. The molecule has 2 heterocycles. The van der Waals surface area contributed by atoms with Crippen LogP contribution in [0.1, 0.15) is 25.3 Å². The predicted molar refractivity (Wildman–Crippen MR) is 143 cm³/mol. The highest BCUT2D eigenvalue weighted by Crippen LogP contribution is 2.26. The second kappa shape index (κ2) is 11.3. The number of amides is 1. The number of hydrogen-bond donors (Lipinski definition) is 0. The molecule has 0 unspecified atom stereocenters. The molecule has 188 valence electrons. The smallest absolute Gasteiger partial charge is 0.251 e. The Morgan fingerprint density at radius 1 is 1.17 bits per heavy atom. The van der Waals surface area contributed by atoms with E-state index in [0.29, 0.717) is 31.7 Å². The lowest BCUT2D eigenvalue weighted by atomic mass is 9.98. The van der Waals surface area contributed by atoms with Crippen LogP contribution in [-0.2, 0) is 27.8 Å². The molecule has 4 rings (SSSR count). The number of fused-ring (bicyclic) bond motifs is 1. The van der Waals surface area contributed by atoms with E-state index < -0.39 is 10.0 Å². The Balaban J connectivity index is 1.51. The predicted octanol–water partition coefficient (Wildman–Crippen LogP) is 4.17. The molecular formula is C25H31N3O4S3. The van der Waals surface area contributed by atoms with Gasteiger partial charge in [-0.05, 0) is 67.5 Å². The molecule has 35 heavy (non-hydrogen) atoms. The Kier molecular flexibility index (Phi) is 8.36. The number of aromatic nitrogens is 1. The maximum absolute atomic E-state index is 13.1. The molecule has 0 radical (unpaired) electrons. The molecule has 0 aliphatic carbocycles. The van der Waals surface area contributed by atoms with Gasteiger partial charge in [-0.2, -0.15) is 21.1 Å². The van der Waals surface area contributed by atoms with Gasteiger partial charge in [0.15, 0.2) is 4.80 Å². The summed E-state index contributed by atoms with van der Waals surface area (Å²) in [7, 11) is -2.06. The number of rotatable bonds is 8. The van der Waals surface area contributed by atoms with Crippen molar-refractivity contribution in [3.63, 3.8) is 0 Å². The van der Waals surface area contributed by atoms with Crippen LogP contribution in [0.25, 0.3) is 10.2 Å². The average molecular weight is 534 g/mol. The van der Waals surface area contributed by atoms with Crippen LogP contribution in [0.15, 0.2) is 52.4 Å². The fourth-order valence-electron chi connectivity index (χ4n) is 4.25. The number of benzene rings is 2. The van der Waals surface area contributed by atoms with Gasteiger partial charge in [-0.15, -0.1) is 0 Å². The lowest BCUT2D eigenvalue weighted by Gasteiger charge is -2.29. The van der Waals surface area contributed by atoms with Crippen molar-refractivity contribution < 1.29 is 17.9 Å². The van der Waals surface area contributed by atoms with Crippen LogP contribution < -0.4 is 9.54 Å². The molecule has 0 bridgehead atoms. The van der Waals surface area contributed by atoms with Crippen molar-refractivity contribution in [1.29, 1.82) is 0 Å². The maximum atomic E-state index is 13.1. The number of sulfonamides is 1. The highest BCUT2D eigenvalue weighted by atomic mass is 32.2. The number of carbonyl (C=O) groups excluding carboxylic acids is 1. The third-order valence-electron chi connectivity index (χ3n) is 6.38. The molecule has 7 nitrogen and oxygen atoms in total. The highest BCUT2D eigenvalue weighted by Gasteiger charge is 2.32. The Labute approximate surface area is 214 Å². The van der Waals surface area contributed by atoms with Crippen molar-refractivity contribution in [2.45, 2.75) is 37.6 Å². The molecule has 3 aromatic rings. The van der Waals surface area contributed by atoms with Crippen LogP contribution in [0.5, 0.6) is 5.75 Å². The summed E-state index contributed by atoms with van der Waals surface area (Å²) >= 11 is 3.31. The number of methoxy groups -OCH3 is 1. The first-order chi connectivity index (χ1) is 16.9. The number of nitrogens with zero attached hydrogens (tertiary/aromatic N) is 3. The van der Waals surface area contributed by atoms with Crippen LogP contribution in [-0.4, -0.2) is 55.4 Å². The lowest BCUT2D eigenvalue weighted by Crippen LogP contribution is -2.40. The van der Waals surface area contributed by atoms with Crippen molar-refractivity contribution in [2.75, 3.05) is 32.2 Å². The zero-order valence-corrected chi connectivity index (χ0v) is 22.7. The van der Waals surface area contributed by atoms with Gasteiger partial charge in [-0.3, -0.25) is 4.79 Å². The molecule has 1 aromatic heterocycles. The molecular weight excluding hydrogens is 502 g/mol. The van der Waals surface area contributed by atoms with E-state index >= 15 is 0 Å². The fourth-order valence-corrected chi connectivity index (χ4v) is 7.21. The molecule has 1 aliphatic heterocycles. The number of carbonyl (C=O) groups is 1. The number of thioether (sulfide) groups is 1. The van der Waals surface area contributed by atoms with Gasteiger partial charge < -0.3 is 9.30 Å². The summed E-state index contributed by atoms with van der Waals surface area (Å²) < 4.78 is 35.9. The van der Waals surface area contributed by atoms with Crippen LogP contribution in [0.4, 0.5) is 0 Å². The SMILES string of the molecule is CCc1ccc2c(c1)sc(=NC(=O)C1CCN(S(=O)(=O)c3ccc(OC)cc3)CC1)n2CCSC. The van der Waals surface area contributed by atoms with Crippen molar-refractivity contribution >= 4 is 49.2 Å². The Bertz CT molecular complexity index is 1350. The summed E-state index contributed by atoms with van der Waals surface area (Å²) in [6, 6.07) is 12.8. The first kappa shape index (κ1) is 25.9. The topological polar surface area (TPSA) is 81.0 Å². The van der Waals surface area contributed by atoms with E-state index in [-0.39, 0.29) is 16.7 Å². The molecule has 1 saturated heterocycles. The first-order valence-electron chi connectivity index (χ1n) is 11.7. The van der Waals surface area contributed by atoms with E-state index in [1.54, 1.807) is 54.5 Å². The van der Waals surface area contributed by atoms with Crippen LogP contribution in [0.2, 0.25) is 0 Å². The average Bonchev–Trinajstić information content (AvgIpc) is 3.23. The van der Waals surface area contributed by atoms with Gasteiger partial charge in [-0.25, -0.2) is 8.42 Å². The van der Waals surface area contributed by atoms with Gasteiger partial charge in [0.1, 0.15) is 5.75 Å². The van der Waals surface area contributed by atoms with Crippen LogP contribution >= 0.6 is 23.1 Å².